The van der Waals surface area contributed by atoms with Crippen molar-refractivity contribution in [3.63, 3.8) is 0 Å². The van der Waals surface area contributed by atoms with Crippen LogP contribution in [0.25, 0.3) is 0 Å². The van der Waals surface area contributed by atoms with Gasteiger partial charge in [-0.3, -0.25) is 4.68 Å². The van der Waals surface area contributed by atoms with E-state index < -0.39 is 0 Å². The molecule has 1 N–H and O–H groups in total. The summed E-state index contributed by atoms with van der Waals surface area (Å²) in [6.45, 7) is 4.44. The predicted molar refractivity (Wildman–Crippen MR) is 79.2 cm³/mol. The molecule has 0 aliphatic rings. The van der Waals surface area contributed by atoms with Crippen LogP contribution in [0.5, 0.6) is 0 Å². The van der Waals surface area contributed by atoms with Crippen LogP contribution in [0.15, 0.2) is 36.7 Å². The molecule has 1 aromatic carbocycles. The van der Waals surface area contributed by atoms with E-state index in [4.69, 9.17) is 0 Å². The van der Waals surface area contributed by atoms with Crippen molar-refractivity contribution in [3.8, 4) is 0 Å². The smallest absolute Gasteiger partial charge is 0.0522 e. The minimum absolute atomic E-state index is 0.338. The van der Waals surface area contributed by atoms with E-state index in [2.05, 4.69) is 54.7 Å². The topological polar surface area (TPSA) is 29.9 Å². The van der Waals surface area contributed by atoms with E-state index >= 15 is 0 Å². The number of likely N-dealkylation sites (N-methyl/N-ethyl adjacent to an activating group) is 1. The molecular weight excluding hydrogens is 234 g/mol. The Labute approximate surface area is 115 Å². The van der Waals surface area contributed by atoms with Gasteiger partial charge in [0.1, 0.15) is 0 Å². The molecule has 0 spiro atoms. The van der Waals surface area contributed by atoms with Crippen LogP contribution in [0.3, 0.4) is 0 Å². The summed E-state index contributed by atoms with van der Waals surface area (Å²) in [5.74, 6) is 0.584. The Morgan fingerprint density at radius 2 is 1.79 bits per heavy atom. The molecule has 0 radical (unpaired) electrons. The summed E-state index contributed by atoms with van der Waals surface area (Å²) in [4.78, 5) is 0. The van der Waals surface area contributed by atoms with E-state index in [0.29, 0.717) is 12.0 Å². The monoisotopic (exact) mass is 257 g/mol. The maximum atomic E-state index is 4.22. The number of hydrogen-bond donors (Lipinski definition) is 1. The van der Waals surface area contributed by atoms with Gasteiger partial charge in [-0.2, -0.15) is 5.10 Å². The van der Waals surface area contributed by atoms with Crippen LogP contribution in [0, 0.1) is 0 Å². The number of aryl methyl sites for hydroxylation is 1. The van der Waals surface area contributed by atoms with Gasteiger partial charge in [0, 0.05) is 19.3 Å². The average molecular weight is 257 g/mol. The van der Waals surface area contributed by atoms with Gasteiger partial charge in [0.2, 0.25) is 0 Å². The summed E-state index contributed by atoms with van der Waals surface area (Å²) in [5.41, 5.74) is 3.98. The van der Waals surface area contributed by atoms with Gasteiger partial charge in [0.15, 0.2) is 0 Å². The van der Waals surface area contributed by atoms with E-state index in [1.54, 1.807) is 0 Å². The molecule has 3 heteroatoms. The number of rotatable bonds is 5. The van der Waals surface area contributed by atoms with Crippen LogP contribution in [-0.4, -0.2) is 16.8 Å². The summed E-state index contributed by atoms with van der Waals surface area (Å²) in [6, 6.07) is 9.26. The van der Waals surface area contributed by atoms with Gasteiger partial charge >= 0.3 is 0 Å². The molecule has 102 valence electrons. The lowest BCUT2D eigenvalue weighted by atomic mass is 9.96. The number of benzene rings is 1. The Morgan fingerprint density at radius 1 is 1.16 bits per heavy atom. The van der Waals surface area contributed by atoms with Crippen LogP contribution in [-0.2, 0) is 13.5 Å². The summed E-state index contributed by atoms with van der Waals surface area (Å²) in [5, 5.41) is 7.61. The van der Waals surface area contributed by atoms with E-state index in [1.807, 2.05) is 25.0 Å². The minimum Gasteiger partial charge on any atom is -0.313 e. The van der Waals surface area contributed by atoms with Gasteiger partial charge in [-0.1, -0.05) is 38.1 Å². The zero-order chi connectivity index (χ0) is 13.8. The van der Waals surface area contributed by atoms with Crippen molar-refractivity contribution in [1.29, 1.82) is 0 Å². The summed E-state index contributed by atoms with van der Waals surface area (Å²) < 4.78 is 1.85. The van der Waals surface area contributed by atoms with E-state index in [0.717, 1.165) is 6.42 Å². The van der Waals surface area contributed by atoms with Gasteiger partial charge in [0.05, 0.1) is 6.20 Å². The normalized spacial score (nSPS) is 12.9. The molecule has 0 bridgehead atoms. The fraction of sp³-hybridized carbons (Fsp3) is 0.438. The maximum absolute atomic E-state index is 4.22. The molecule has 1 aromatic heterocycles. The highest BCUT2D eigenvalue weighted by atomic mass is 15.2. The molecular formula is C16H23N3. The van der Waals surface area contributed by atoms with Crippen molar-refractivity contribution in [3.05, 3.63) is 53.3 Å². The van der Waals surface area contributed by atoms with Crippen molar-refractivity contribution < 1.29 is 0 Å². The maximum Gasteiger partial charge on any atom is 0.0522 e. The van der Waals surface area contributed by atoms with Crippen molar-refractivity contribution in [2.24, 2.45) is 7.05 Å². The standard InChI is InChI=1S/C16H23N3/c1-12(2)14-5-7-15(8-6-14)16(17-3)9-13-10-18-19(4)11-13/h5-8,10-12,16-17H,9H2,1-4H3. The molecule has 0 amide bonds. The van der Waals surface area contributed by atoms with Crippen molar-refractivity contribution in [2.45, 2.75) is 32.2 Å². The SMILES string of the molecule is CNC(Cc1cnn(C)c1)c1ccc(C(C)C)cc1. The first-order valence-corrected chi connectivity index (χ1v) is 6.84. The number of aromatic nitrogens is 2. The van der Waals surface area contributed by atoms with Gasteiger partial charge in [-0.05, 0) is 36.1 Å². The second kappa shape index (κ2) is 6.02. The average Bonchev–Trinajstić information content (AvgIpc) is 2.81. The quantitative estimate of drug-likeness (QED) is 0.892. The van der Waals surface area contributed by atoms with E-state index in [1.165, 1.54) is 16.7 Å². The molecule has 1 atom stereocenters. The third-order valence-corrected chi connectivity index (χ3v) is 3.55. The summed E-state index contributed by atoms with van der Waals surface area (Å²) in [7, 11) is 3.96. The zero-order valence-corrected chi connectivity index (χ0v) is 12.2. The zero-order valence-electron chi connectivity index (χ0n) is 12.2. The molecule has 2 aromatic rings. The third-order valence-electron chi connectivity index (χ3n) is 3.55. The van der Waals surface area contributed by atoms with Crippen LogP contribution in [0.2, 0.25) is 0 Å². The Hall–Kier alpha value is -1.61. The van der Waals surface area contributed by atoms with Crippen LogP contribution >= 0.6 is 0 Å². The second-order valence-corrected chi connectivity index (χ2v) is 5.39. The van der Waals surface area contributed by atoms with Crippen molar-refractivity contribution >= 4 is 0 Å². The molecule has 19 heavy (non-hydrogen) atoms. The summed E-state index contributed by atoms with van der Waals surface area (Å²) >= 11 is 0. The van der Waals surface area contributed by atoms with Gasteiger partial charge in [-0.25, -0.2) is 0 Å². The lowest BCUT2D eigenvalue weighted by molar-refractivity contribution is 0.591. The largest absolute Gasteiger partial charge is 0.313 e. The fourth-order valence-corrected chi connectivity index (χ4v) is 2.31. The number of hydrogen-bond acceptors (Lipinski definition) is 2. The molecule has 0 aliphatic heterocycles. The molecule has 0 saturated carbocycles. The van der Waals surface area contributed by atoms with Gasteiger partial charge in [0.25, 0.3) is 0 Å². The number of nitrogens with one attached hydrogen (secondary N) is 1. The highest BCUT2D eigenvalue weighted by Crippen LogP contribution is 2.21. The van der Waals surface area contributed by atoms with E-state index in [9.17, 15) is 0 Å². The lowest BCUT2D eigenvalue weighted by Gasteiger charge is -2.17. The highest BCUT2D eigenvalue weighted by Gasteiger charge is 2.11. The molecule has 1 unspecified atom stereocenters. The lowest BCUT2D eigenvalue weighted by Crippen LogP contribution is -2.18. The Bertz CT molecular complexity index is 511. The fourth-order valence-electron chi connectivity index (χ4n) is 2.31. The van der Waals surface area contributed by atoms with Crippen molar-refractivity contribution in [1.82, 2.24) is 15.1 Å². The highest BCUT2D eigenvalue weighted by molar-refractivity contribution is 5.28. The summed E-state index contributed by atoms with van der Waals surface area (Å²) in [6.07, 6.45) is 4.98. The second-order valence-electron chi connectivity index (χ2n) is 5.39. The molecule has 0 fully saturated rings. The van der Waals surface area contributed by atoms with Crippen LogP contribution in [0.1, 0.15) is 42.5 Å². The first-order valence-electron chi connectivity index (χ1n) is 6.84. The first kappa shape index (κ1) is 13.8. The van der Waals surface area contributed by atoms with Crippen LogP contribution in [0.4, 0.5) is 0 Å². The molecule has 0 aliphatic carbocycles. The Balaban J connectivity index is 2.12. The Kier molecular flexibility index (Phi) is 4.38. The number of nitrogens with zero attached hydrogens (tertiary/aromatic N) is 2. The predicted octanol–water partition coefficient (Wildman–Crippen LogP) is 3.05. The third kappa shape index (κ3) is 3.44. The molecule has 3 nitrogen and oxygen atoms in total. The van der Waals surface area contributed by atoms with Crippen LogP contribution < -0.4 is 5.32 Å². The Morgan fingerprint density at radius 3 is 2.26 bits per heavy atom. The molecule has 0 saturated heterocycles. The minimum atomic E-state index is 0.338. The van der Waals surface area contributed by atoms with Gasteiger partial charge in [-0.15, -0.1) is 0 Å². The molecule has 2 rings (SSSR count). The first-order chi connectivity index (χ1) is 9.10. The van der Waals surface area contributed by atoms with Gasteiger partial charge < -0.3 is 5.32 Å². The molecule has 1 heterocycles. The van der Waals surface area contributed by atoms with Crippen molar-refractivity contribution in [2.75, 3.05) is 7.05 Å². The van der Waals surface area contributed by atoms with E-state index in [-0.39, 0.29) is 0 Å².